The minimum atomic E-state index is 0.256. The molecule has 3 aromatic rings. The normalized spacial score (nSPS) is 19.8. The van der Waals surface area contributed by atoms with Crippen LogP contribution in [0.4, 0.5) is 0 Å². The Morgan fingerprint density at radius 1 is 1.21 bits per heavy atom. The quantitative estimate of drug-likeness (QED) is 0.798. The Labute approximate surface area is 139 Å². The van der Waals surface area contributed by atoms with E-state index in [0.29, 0.717) is 12.3 Å². The summed E-state index contributed by atoms with van der Waals surface area (Å²) in [4.78, 5) is 4.75. The van der Waals surface area contributed by atoms with Crippen LogP contribution in [-0.4, -0.2) is 43.4 Å². The molecule has 0 saturated carbocycles. The molecule has 1 aromatic carbocycles. The van der Waals surface area contributed by atoms with Gasteiger partial charge in [0, 0.05) is 12.5 Å². The summed E-state index contributed by atoms with van der Waals surface area (Å²) in [7, 11) is 0. The first-order chi connectivity index (χ1) is 11.9. The number of nitrogens with zero attached hydrogens (tertiary/aromatic N) is 5. The van der Waals surface area contributed by atoms with Gasteiger partial charge in [-0.15, -0.1) is 0 Å². The molecule has 1 unspecified atom stereocenters. The fourth-order valence-corrected chi connectivity index (χ4v) is 3.58. The number of aromatic nitrogens is 6. The highest BCUT2D eigenvalue weighted by molar-refractivity contribution is 5.53. The van der Waals surface area contributed by atoms with Gasteiger partial charge in [-0.05, 0) is 48.9 Å². The van der Waals surface area contributed by atoms with Gasteiger partial charge in [-0.3, -0.25) is 0 Å². The van der Waals surface area contributed by atoms with Crippen molar-refractivity contribution in [2.75, 3.05) is 13.2 Å². The van der Waals surface area contributed by atoms with E-state index >= 15 is 0 Å². The van der Waals surface area contributed by atoms with Crippen molar-refractivity contribution in [2.24, 2.45) is 0 Å². The van der Waals surface area contributed by atoms with Crippen LogP contribution in [0.3, 0.4) is 0 Å². The molecule has 5 rings (SSSR count). The van der Waals surface area contributed by atoms with E-state index in [2.05, 4.69) is 33.6 Å². The molecule has 0 bridgehead atoms. The second-order valence-electron chi connectivity index (χ2n) is 6.43. The van der Waals surface area contributed by atoms with E-state index in [1.54, 1.807) is 6.20 Å². The molecule has 2 aromatic heterocycles. The van der Waals surface area contributed by atoms with Crippen LogP contribution < -0.4 is 0 Å². The van der Waals surface area contributed by atoms with Crippen LogP contribution in [0, 0.1) is 0 Å². The van der Waals surface area contributed by atoms with E-state index in [9.17, 15) is 0 Å². The fraction of sp³-hybridized carbons (Fsp3) is 0.412. The van der Waals surface area contributed by atoms with Crippen LogP contribution in [-0.2, 0) is 17.6 Å². The molecule has 1 N–H and O–H groups in total. The minimum absolute atomic E-state index is 0.256. The zero-order valence-electron chi connectivity index (χ0n) is 13.3. The third-order valence-electron chi connectivity index (χ3n) is 4.89. The summed E-state index contributed by atoms with van der Waals surface area (Å²) in [5.74, 6) is 1.81. The maximum atomic E-state index is 5.49. The fourth-order valence-electron chi connectivity index (χ4n) is 3.58. The lowest BCUT2D eigenvalue weighted by Crippen LogP contribution is -2.03. The molecule has 24 heavy (non-hydrogen) atoms. The maximum absolute atomic E-state index is 5.49. The average Bonchev–Trinajstić information content (AvgIpc) is 3.41. The molecule has 7 heteroatoms. The number of hydrogen-bond donors (Lipinski definition) is 1. The monoisotopic (exact) mass is 322 g/mol. The summed E-state index contributed by atoms with van der Waals surface area (Å²) >= 11 is 0. The molecular weight excluding hydrogens is 304 g/mol. The maximum Gasteiger partial charge on any atom is 0.185 e. The lowest BCUT2D eigenvalue weighted by Gasteiger charge is -2.07. The second-order valence-corrected chi connectivity index (χ2v) is 6.43. The topological polar surface area (TPSA) is 81.5 Å². The van der Waals surface area contributed by atoms with Gasteiger partial charge in [-0.2, -0.15) is 20.5 Å². The van der Waals surface area contributed by atoms with Gasteiger partial charge in [0.05, 0.1) is 18.5 Å². The van der Waals surface area contributed by atoms with Crippen LogP contribution in [0.25, 0.3) is 17.2 Å². The summed E-state index contributed by atoms with van der Waals surface area (Å²) in [6.07, 6.45) is 6.19. The third kappa shape index (κ3) is 2.24. The summed E-state index contributed by atoms with van der Waals surface area (Å²) < 4.78 is 7.39. The second kappa shape index (κ2) is 5.52. The Hall–Kier alpha value is -2.54. The lowest BCUT2D eigenvalue weighted by molar-refractivity contribution is 0.193. The molecular formula is C17H18N6O. The molecule has 1 aliphatic heterocycles. The number of aromatic amines is 1. The first-order valence-electron chi connectivity index (χ1n) is 8.41. The van der Waals surface area contributed by atoms with Crippen molar-refractivity contribution in [3.8, 4) is 17.2 Å². The van der Waals surface area contributed by atoms with Crippen molar-refractivity contribution >= 4 is 0 Å². The molecule has 0 radical (unpaired) electrons. The largest absolute Gasteiger partial charge is 0.381 e. The number of ether oxygens (including phenoxy) is 1. The molecule has 1 fully saturated rings. The van der Waals surface area contributed by atoms with Gasteiger partial charge in [0.1, 0.15) is 5.69 Å². The molecule has 1 saturated heterocycles. The zero-order valence-corrected chi connectivity index (χ0v) is 13.3. The number of hydrogen-bond acceptors (Lipinski definition) is 5. The highest BCUT2D eigenvalue weighted by Gasteiger charge is 2.25. The summed E-state index contributed by atoms with van der Waals surface area (Å²) in [5.41, 5.74) is 4.60. The van der Waals surface area contributed by atoms with Crippen LogP contribution in [0.1, 0.15) is 35.7 Å². The smallest absolute Gasteiger partial charge is 0.185 e. The SMILES string of the molecule is c1cc2c(cc1-n1nc(C3CCOC3)nc1-c1cn[nH]n1)CCC2. The third-order valence-corrected chi connectivity index (χ3v) is 4.89. The zero-order chi connectivity index (χ0) is 15.9. The van der Waals surface area contributed by atoms with Crippen LogP contribution in [0.15, 0.2) is 24.4 Å². The first-order valence-corrected chi connectivity index (χ1v) is 8.41. The lowest BCUT2D eigenvalue weighted by atomic mass is 10.1. The molecule has 1 aliphatic carbocycles. The van der Waals surface area contributed by atoms with Gasteiger partial charge in [-0.25, -0.2) is 9.67 Å². The Balaban J connectivity index is 1.63. The number of nitrogens with one attached hydrogen (secondary N) is 1. The molecule has 1 atom stereocenters. The van der Waals surface area contributed by atoms with Gasteiger partial charge in [-0.1, -0.05) is 6.07 Å². The predicted molar refractivity (Wildman–Crippen MR) is 86.9 cm³/mol. The van der Waals surface area contributed by atoms with E-state index in [1.165, 1.54) is 24.0 Å². The molecule has 122 valence electrons. The van der Waals surface area contributed by atoms with Crippen molar-refractivity contribution < 1.29 is 4.74 Å². The number of H-pyrrole nitrogens is 1. The summed E-state index contributed by atoms with van der Waals surface area (Å²) in [6, 6.07) is 6.57. The minimum Gasteiger partial charge on any atom is -0.381 e. The number of benzene rings is 1. The van der Waals surface area contributed by atoms with E-state index in [4.69, 9.17) is 14.8 Å². The number of aryl methyl sites for hydroxylation is 2. The number of rotatable bonds is 3. The summed E-state index contributed by atoms with van der Waals surface area (Å²) in [5, 5.41) is 15.6. The Bertz CT molecular complexity index is 863. The van der Waals surface area contributed by atoms with Gasteiger partial charge in [0.25, 0.3) is 0 Å². The van der Waals surface area contributed by atoms with Gasteiger partial charge >= 0.3 is 0 Å². The predicted octanol–water partition coefficient (Wildman–Crippen LogP) is 2.04. The van der Waals surface area contributed by atoms with E-state index in [0.717, 1.165) is 36.8 Å². The van der Waals surface area contributed by atoms with Crippen molar-refractivity contribution in [3.05, 3.63) is 41.3 Å². The van der Waals surface area contributed by atoms with Gasteiger partial charge in [0.2, 0.25) is 0 Å². The van der Waals surface area contributed by atoms with E-state index in [1.807, 2.05) is 4.68 Å². The van der Waals surface area contributed by atoms with Crippen LogP contribution >= 0.6 is 0 Å². The van der Waals surface area contributed by atoms with Gasteiger partial charge < -0.3 is 4.74 Å². The van der Waals surface area contributed by atoms with Crippen molar-refractivity contribution in [3.63, 3.8) is 0 Å². The average molecular weight is 322 g/mol. The first kappa shape index (κ1) is 13.9. The highest BCUT2D eigenvalue weighted by atomic mass is 16.5. The van der Waals surface area contributed by atoms with Crippen LogP contribution in [0.2, 0.25) is 0 Å². The van der Waals surface area contributed by atoms with E-state index in [-0.39, 0.29) is 5.92 Å². The molecule has 7 nitrogen and oxygen atoms in total. The summed E-state index contributed by atoms with van der Waals surface area (Å²) in [6.45, 7) is 1.46. The van der Waals surface area contributed by atoms with Crippen LogP contribution in [0.5, 0.6) is 0 Å². The molecule has 2 aliphatic rings. The Morgan fingerprint density at radius 3 is 3.00 bits per heavy atom. The van der Waals surface area contributed by atoms with Gasteiger partial charge in [0.15, 0.2) is 11.6 Å². The standard InChI is InChI=1S/C17H18N6O/c1-2-11-4-5-14(8-12(11)3-1)23-17(15-9-18-22-20-15)19-16(21-23)13-6-7-24-10-13/h4-5,8-9,13H,1-3,6-7,10H2,(H,18,20,22). The Kier molecular flexibility index (Phi) is 3.19. The molecule has 3 heterocycles. The molecule has 0 amide bonds. The van der Waals surface area contributed by atoms with E-state index < -0.39 is 0 Å². The number of fused-ring (bicyclic) bond motifs is 1. The van der Waals surface area contributed by atoms with Crippen molar-refractivity contribution in [1.29, 1.82) is 0 Å². The van der Waals surface area contributed by atoms with Crippen molar-refractivity contribution in [2.45, 2.75) is 31.6 Å². The van der Waals surface area contributed by atoms with Crippen molar-refractivity contribution in [1.82, 2.24) is 30.2 Å². The Morgan fingerprint density at radius 2 is 2.17 bits per heavy atom. The highest BCUT2D eigenvalue weighted by Crippen LogP contribution is 2.29. The molecule has 0 spiro atoms.